The van der Waals surface area contributed by atoms with Gasteiger partial charge in [0.1, 0.15) is 0 Å². The fourth-order valence-corrected chi connectivity index (χ4v) is 1.84. The number of hydrogen-bond donors (Lipinski definition) is 1. The minimum atomic E-state index is -0.158. The van der Waals surface area contributed by atoms with Crippen molar-refractivity contribution in [2.75, 3.05) is 7.11 Å². The van der Waals surface area contributed by atoms with Gasteiger partial charge in [-0.25, -0.2) is 4.79 Å². The van der Waals surface area contributed by atoms with Crippen LogP contribution in [0, 0.1) is 5.92 Å². The lowest BCUT2D eigenvalue weighted by Crippen LogP contribution is -2.97. The highest BCUT2D eigenvalue weighted by molar-refractivity contribution is 5.74. The van der Waals surface area contributed by atoms with Gasteiger partial charge in [0, 0.05) is 12.3 Å². The smallest absolute Gasteiger partial charge is 0.364 e. The van der Waals surface area contributed by atoms with E-state index in [1.54, 1.807) is 0 Å². The van der Waals surface area contributed by atoms with Crippen molar-refractivity contribution in [2.24, 2.45) is 5.92 Å². The summed E-state index contributed by atoms with van der Waals surface area (Å²) >= 11 is 0. The Labute approximate surface area is 110 Å². The molecule has 2 atom stereocenters. The summed E-state index contributed by atoms with van der Waals surface area (Å²) in [6, 6.07) is 10.3. The van der Waals surface area contributed by atoms with E-state index in [2.05, 4.69) is 26.1 Å². The summed E-state index contributed by atoms with van der Waals surface area (Å²) in [7, 11) is 1.45. The molecular weight excluding hydrogens is 226 g/mol. The molecule has 3 heteroatoms. The zero-order valence-corrected chi connectivity index (χ0v) is 11.7. The Morgan fingerprint density at radius 1 is 1.22 bits per heavy atom. The van der Waals surface area contributed by atoms with E-state index in [0.29, 0.717) is 18.4 Å². The number of nitrogens with two attached hydrogens (primary N) is 1. The molecule has 1 aromatic rings. The van der Waals surface area contributed by atoms with Gasteiger partial charge in [0.25, 0.3) is 0 Å². The number of esters is 1. The van der Waals surface area contributed by atoms with Gasteiger partial charge in [0.15, 0.2) is 6.04 Å². The van der Waals surface area contributed by atoms with Crippen LogP contribution < -0.4 is 5.32 Å². The molecule has 0 fully saturated rings. The molecule has 0 unspecified atom stereocenters. The van der Waals surface area contributed by atoms with Gasteiger partial charge in [0.05, 0.1) is 13.2 Å². The summed E-state index contributed by atoms with van der Waals surface area (Å²) in [5.74, 6) is 0.388. The van der Waals surface area contributed by atoms with Crippen molar-refractivity contribution in [3.05, 3.63) is 35.9 Å². The Bertz CT molecular complexity index is 362. The highest BCUT2D eigenvalue weighted by Gasteiger charge is 2.26. The second kappa shape index (κ2) is 7.17. The maximum Gasteiger partial charge on any atom is 0.364 e. The van der Waals surface area contributed by atoms with E-state index in [-0.39, 0.29) is 12.0 Å². The zero-order valence-electron chi connectivity index (χ0n) is 11.7. The third-order valence-electron chi connectivity index (χ3n) is 3.39. The predicted molar refractivity (Wildman–Crippen MR) is 72.2 cm³/mol. The van der Waals surface area contributed by atoms with Gasteiger partial charge in [-0.05, 0) is 12.5 Å². The van der Waals surface area contributed by atoms with Crippen LogP contribution in [0.5, 0.6) is 0 Å². The molecule has 100 valence electrons. The predicted octanol–water partition coefficient (Wildman–Crippen LogP) is 1.38. The van der Waals surface area contributed by atoms with E-state index in [1.165, 1.54) is 12.7 Å². The normalized spacial score (nSPS) is 14.3. The number of quaternary nitrogens is 1. The summed E-state index contributed by atoms with van der Waals surface area (Å²) in [5, 5.41) is 2.11. The Hall–Kier alpha value is -1.35. The van der Waals surface area contributed by atoms with Gasteiger partial charge < -0.3 is 10.1 Å². The first-order chi connectivity index (χ1) is 8.54. The average Bonchev–Trinajstić information content (AvgIpc) is 2.38. The minimum absolute atomic E-state index is 0.147. The molecule has 0 heterocycles. The van der Waals surface area contributed by atoms with Crippen LogP contribution in [0.2, 0.25) is 0 Å². The summed E-state index contributed by atoms with van der Waals surface area (Å²) < 4.78 is 4.90. The molecule has 0 saturated heterocycles. The second-order valence-corrected chi connectivity index (χ2v) is 5.11. The van der Waals surface area contributed by atoms with Crippen LogP contribution in [0.3, 0.4) is 0 Å². The molecular formula is C15H24NO2+. The maximum absolute atomic E-state index is 11.8. The van der Waals surface area contributed by atoms with E-state index >= 15 is 0 Å². The molecule has 0 spiro atoms. The van der Waals surface area contributed by atoms with Gasteiger partial charge in [-0.3, -0.25) is 0 Å². The minimum Gasteiger partial charge on any atom is -0.465 e. The summed E-state index contributed by atoms with van der Waals surface area (Å²) in [6.07, 6.45) is 0.713. The van der Waals surface area contributed by atoms with Crippen molar-refractivity contribution in [1.82, 2.24) is 0 Å². The number of benzene rings is 1. The number of methoxy groups -OCH3 is 1. The molecule has 0 radical (unpaired) electrons. The van der Waals surface area contributed by atoms with Crippen LogP contribution in [0.4, 0.5) is 0 Å². The fourth-order valence-electron chi connectivity index (χ4n) is 1.84. The van der Waals surface area contributed by atoms with E-state index < -0.39 is 0 Å². The highest BCUT2D eigenvalue weighted by Crippen LogP contribution is 2.03. The van der Waals surface area contributed by atoms with E-state index in [1.807, 2.05) is 30.3 Å². The number of carbonyl (C=O) groups is 1. The second-order valence-electron chi connectivity index (χ2n) is 5.11. The van der Waals surface area contributed by atoms with Gasteiger partial charge in [-0.15, -0.1) is 0 Å². The number of ether oxygens (including phenoxy) is 1. The molecule has 0 aliphatic rings. The number of hydrogen-bond acceptors (Lipinski definition) is 2. The molecule has 0 aromatic heterocycles. The summed E-state index contributed by atoms with van der Waals surface area (Å²) in [6.45, 7) is 6.47. The molecule has 0 bridgehead atoms. The Kier molecular flexibility index (Phi) is 5.86. The summed E-state index contributed by atoms with van der Waals surface area (Å²) in [4.78, 5) is 11.8. The summed E-state index contributed by atoms with van der Waals surface area (Å²) in [5.41, 5.74) is 1.17. The van der Waals surface area contributed by atoms with Crippen molar-refractivity contribution in [1.29, 1.82) is 0 Å². The molecule has 0 amide bonds. The molecule has 2 N–H and O–H groups in total. The monoisotopic (exact) mass is 250 g/mol. The maximum atomic E-state index is 11.8. The molecule has 1 aromatic carbocycles. The Morgan fingerprint density at radius 2 is 1.83 bits per heavy atom. The Morgan fingerprint density at radius 3 is 2.33 bits per heavy atom. The molecule has 3 nitrogen and oxygen atoms in total. The van der Waals surface area contributed by atoms with Crippen LogP contribution in [-0.2, 0) is 16.0 Å². The van der Waals surface area contributed by atoms with Gasteiger partial charge in [-0.2, -0.15) is 0 Å². The van der Waals surface area contributed by atoms with Crippen molar-refractivity contribution in [3.63, 3.8) is 0 Å². The van der Waals surface area contributed by atoms with Gasteiger partial charge in [-0.1, -0.05) is 44.2 Å². The van der Waals surface area contributed by atoms with Gasteiger partial charge >= 0.3 is 5.97 Å². The highest BCUT2D eigenvalue weighted by atomic mass is 16.5. The molecule has 0 aliphatic carbocycles. The van der Waals surface area contributed by atoms with Crippen molar-refractivity contribution in [2.45, 2.75) is 39.3 Å². The third-order valence-corrected chi connectivity index (χ3v) is 3.39. The van der Waals surface area contributed by atoms with Gasteiger partial charge in [0.2, 0.25) is 0 Å². The lowest BCUT2D eigenvalue weighted by Gasteiger charge is -2.20. The fraction of sp³-hybridized carbons (Fsp3) is 0.533. The van der Waals surface area contributed by atoms with E-state index in [9.17, 15) is 4.79 Å². The first kappa shape index (κ1) is 14.7. The first-order valence-corrected chi connectivity index (χ1v) is 6.51. The zero-order chi connectivity index (χ0) is 13.5. The van der Waals surface area contributed by atoms with Crippen LogP contribution in [0.15, 0.2) is 30.3 Å². The third kappa shape index (κ3) is 4.49. The van der Waals surface area contributed by atoms with Crippen molar-refractivity contribution >= 4 is 5.97 Å². The SMILES string of the molecule is COC(=O)[C@H](Cc1ccccc1)[NH2+][C@@H](C)C(C)C. The largest absolute Gasteiger partial charge is 0.465 e. The molecule has 0 saturated carbocycles. The molecule has 1 rings (SSSR count). The number of carbonyl (C=O) groups excluding carboxylic acids is 1. The molecule has 0 aliphatic heterocycles. The van der Waals surface area contributed by atoms with Crippen LogP contribution >= 0.6 is 0 Å². The lowest BCUT2D eigenvalue weighted by atomic mass is 10.0. The quantitative estimate of drug-likeness (QED) is 0.775. The van der Waals surface area contributed by atoms with E-state index in [0.717, 1.165) is 0 Å². The topological polar surface area (TPSA) is 42.9 Å². The number of rotatable bonds is 6. The van der Waals surface area contributed by atoms with Crippen molar-refractivity contribution < 1.29 is 14.8 Å². The van der Waals surface area contributed by atoms with Crippen LogP contribution in [0.25, 0.3) is 0 Å². The standard InChI is InChI=1S/C15H23NO2/c1-11(2)12(3)16-14(15(17)18-4)10-13-8-6-5-7-9-13/h5-9,11-12,14,16H,10H2,1-4H3/p+1/t12-,14-/m0/s1. The van der Waals surface area contributed by atoms with Crippen molar-refractivity contribution in [3.8, 4) is 0 Å². The Balaban J connectivity index is 2.70. The first-order valence-electron chi connectivity index (χ1n) is 6.51. The van der Waals surface area contributed by atoms with Crippen LogP contribution in [0.1, 0.15) is 26.3 Å². The molecule has 18 heavy (non-hydrogen) atoms. The average molecular weight is 250 g/mol. The van der Waals surface area contributed by atoms with Crippen LogP contribution in [-0.4, -0.2) is 25.2 Å². The lowest BCUT2D eigenvalue weighted by molar-refractivity contribution is -0.713. The van der Waals surface area contributed by atoms with E-state index in [4.69, 9.17) is 4.74 Å².